The molecule has 1 rings (SSSR count). The summed E-state index contributed by atoms with van der Waals surface area (Å²) >= 11 is 0. The Morgan fingerprint density at radius 2 is 0.768 bits per heavy atom. The van der Waals surface area contributed by atoms with Crippen LogP contribution in [0.5, 0.6) is 0 Å². The Hall–Kier alpha value is -10.4. The number of nitrogens with one attached hydrogen (secondary N) is 14. The van der Waals surface area contributed by atoms with E-state index in [1.54, 1.807) is 76.2 Å². The number of esters is 1. The van der Waals surface area contributed by atoms with E-state index in [1.165, 1.54) is 41.5 Å². The highest BCUT2D eigenvalue weighted by Crippen LogP contribution is 2.20. The number of aliphatic hydroxyl groups excluding tert-OH is 1. The Bertz CT molecular complexity index is 3630. The lowest BCUT2D eigenvalue weighted by atomic mass is 9.98. The molecule has 0 aromatic heterocycles. The van der Waals surface area contributed by atoms with Crippen molar-refractivity contribution in [1.29, 1.82) is 0 Å². The van der Waals surface area contributed by atoms with Crippen molar-refractivity contribution in [3.8, 4) is 0 Å². The van der Waals surface area contributed by atoms with Crippen molar-refractivity contribution in [3.05, 3.63) is 0 Å². The number of cyclic esters (lactones) is 1. The zero-order valence-corrected chi connectivity index (χ0v) is 76.6. The Morgan fingerprint density at radius 3 is 1.17 bits per heavy atom. The lowest BCUT2D eigenvalue weighted by molar-refractivity contribution is -0.152. The fourth-order valence-electron chi connectivity index (χ4n) is 13.5. The number of primary amides is 4. The van der Waals surface area contributed by atoms with Crippen molar-refractivity contribution in [1.82, 2.24) is 74.4 Å². The smallest absolute Gasteiger partial charge is 0.329 e. The van der Waals surface area contributed by atoms with Crippen LogP contribution in [0.25, 0.3) is 0 Å². The van der Waals surface area contributed by atoms with Crippen LogP contribution in [0.2, 0.25) is 0 Å². The molecule has 0 aromatic rings. The van der Waals surface area contributed by atoms with E-state index in [9.17, 15) is 91.4 Å². The first kappa shape index (κ1) is 113. The van der Waals surface area contributed by atoms with Crippen LogP contribution in [0, 0.1) is 47.3 Å². The molecule has 0 bridgehead atoms. The number of nitrogens with two attached hydrogens (primary N) is 4. The minimum absolute atomic E-state index is 0.0618. The topological polar surface area (TPSA) is 643 Å². The largest absolute Gasteiger partial charge is 0.461 e. The molecule has 1 fully saturated rings. The molecule has 125 heavy (non-hydrogen) atoms. The number of carbonyl (C=O) groups is 20. The van der Waals surface area contributed by atoms with E-state index >= 15 is 9.59 Å². The maximum atomic E-state index is 15.1. The highest BCUT2D eigenvalue weighted by Gasteiger charge is 2.42. The van der Waals surface area contributed by atoms with Crippen LogP contribution >= 0.6 is 0 Å². The summed E-state index contributed by atoms with van der Waals surface area (Å²) in [7, 11) is 0. The quantitative estimate of drug-likeness (QED) is 0.0269. The minimum atomic E-state index is -2.09. The average molecular weight is 1770 g/mol. The number of ketones is 1. The highest BCUT2D eigenvalue weighted by molar-refractivity contribution is 6.01. The zero-order valence-electron chi connectivity index (χ0n) is 76.6. The van der Waals surface area contributed by atoms with Gasteiger partial charge >= 0.3 is 5.97 Å². The predicted molar refractivity (Wildman–Crippen MR) is 462 cm³/mol. The van der Waals surface area contributed by atoms with Gasteiger partial charge in [-0.25, -0.2) is 4.79 Å². The Balaban J connectivity index is 4.23. The third kappa shape index (κ3) is 45.3. The van der Waals surface area contributed by atoms with Crippen LogP contribution in [-0.4, -0.2) is 220 Å². The van der Waals surface area contributed by atoms with Gasteiger partial charge in [-0.2, -0.15) is 0 Å². The number of ether oxygens (including phenoxy) is 1. The number of hydrogen-bond acceptors (Lipinski definition) is 22. The van der Waals surface area contributed by atoms with Crippen molar-refractivity contribution in [3.63, 3.8) is 0 Å². The van der Waals surface area contributed by atoms with Gasteiger partial charge in [-0.1, -0.05) is 156 Å². The lowest BCUT2D eigenvalue weighted by Gasteiger charge is -2.30. The second kappa shape index (κ2) is 58.0. The zero-order chi connectivity index (χ0) is 95.4. The van der Waals surface area contributed by atoms with Gasteiger partial charge < -0.3 is 112 Å². The first-order chi connectivity index (χ1) is 58.3. The Kier molecular flexibility index (Phi) is 52.2. The summed E-state index contributed by atoms with van der Waals surface area (Å²) < 4.78 is 5.80. The van der Waals surface area contributed by atoms with Crippen LogP contribution in [0.3, 0.4) is 0 Å². The molecule has 0 radical (unpaired) electrons. The number of amides is 18. The third-order valence-corrected chi connectivity index (χ3v) is 20.7. The monoisotopic (exact) mass is 1770 g/mol. The molecule has 40 heteroatoms. The van der Waals surface area contributed by atoms with Crippen LogP contribution in [-0.2, 0) is 101 Å². The molecule has 40 nitrogen and oxygen atoms in total. The predicted octanol–water partition coefficient (Wildman–Crippen LogP) is -0.538. The van der Waals surface area contributed by atoms with Crippen molar-refractivity contribution in [2.75, 3.05) is 6.61 Å². The Morgan fingerprint density at radius 1 is 0.400 bits per heavy atom. The molecule has 710 valence electrons. The van der Waals surface area contributed by atoms with Gasteiger partial charge in [-0.05, 0) is 125 Å². The SMILES string of the molecule is CCCCCCCC(O)CC(=O)NC(CC(C)C)C(=O)NC(CCC(C)=O)C(=O)NC(CCC(N)=O)C(=O)NC(C(=O)NC(CC(C)C)C(=O)NC(CCC(N)=O)C(=O)NC1COC(=O)C(C(C)CC)NC(=O)C(CCC(N)=O)NC(=O)C(CC(C)C)NC(=O)C(CCC(N)=O)NC(=O)C(CC(C)C)NC(=O)C(CC(C)C)NC(=O)C(C(C)C)NC1=O)C(C)C. The van der Waals surface area contributed by atoms with Crippen LogP contribution < -0.4 is 97.4 Å². The second-order valence-electron chi connectivity index (χ2n) is 35.7. The van der Waals surface area contributed by atoms with Crippen molar-refractivity contribution < 1.29 is 106 Å². The maximum absolute atomic E-state index is 15.1. The van der Waals surface area contributed by atoms with E-state index in [-0.39, 0.29) is 87.2 Å². The maximum Gasteiger partial charge on any atom is 0.329 e. The number of aliphatic hydroxyl groups is 1. The molecule has 23 N–H and O–H groups in total. The highest BCUT2D eigenvalue weighted by atomic mass is 16.5. The molecule has 16 unspecified atom stereocenters. The van der Waals surface area contributed by atoms with E-state index in [0.29, 0.717) is 12.8 Å². The first-order valence-corrected chi connectivity index (χ1v) is 44.0. The fraction of sp³-hybridized carbons (Fsp3) is 0.765. The second-order valence-corrected chi connectivity index (χ2v) is 35.7. The minimum Gasteiger partial charge on any atom is -0.461 e. The summed E-state index contributed by atoms with van der Waals surface area (Å²) in [5.41, 5.74) is 22.2. The lowest BCUT2D eigenvalue weighted by Crippen LogP contribution is -2.62. The van der Waals surface area contributed by atoms with Crippen molar-refractivity contribution in [2.45, 2.75) is 363 Å². The van der Waals surface area contributed by atoms with Crippen LogP contribution in [0.4, 0.5) is 0 Å². The molecule has 0 saturated carbocycles. The van der Waals surface area contributed by atoms with E-state index < -0.39 is 285 Å². The van der Waals surface area contributed by atoms with Crippen molar-refractivity contribution in [2.24, 2.45) is 70.3 Å². The summed E-state index contributed by atoms with van der Waals surface area (Å²) in [6.45, 7) is 28.6. The summed E-state index contributed by atoms with van der Waals surface area (Å²) in [6.07, 6.45) is -1.22. The summed E-state index contributed by atoms with van der Waals surface area (Å²) in [5.74, 6) is -23.5. The van der Waals surface area contributed by atoms with Crippen molar-refractivity contribution >= 4 is 118 Å². The first-order valence-electron chi connectivity index (χ1n) is 44.0. The normalized spacial score (nSPS) is 20.6. The fourth-order valence-corrected chi connectivity index (χ4v) is 13.5. The number of Topliss-reactive ketones (excluding diaryl/α,β-unsaturated/α-hetero) is 1. The summed E-state index contributed by atoms with van der Waals surface area (Å²) in [6, 6.07) is -22.5. The standard InChI is InChI=1S/C85H148N18O22/c1-19-21-22-23-24-25-52(105)41-68(110)90-58(36-43(3)4)77(116)92-53(27-26-51(18)104)72(111)91-56(30-34-66(88)108)75(114)101-69(48(13)14)83(122)98-61(39-46(9)10)80(119)94-55(29-33-65(87)107)74(113)100-63-42-125-85(124)71(50(17)20-2)103-76(115)57(31-35-67(89)109)95-78(117)59(37-44(5)6)96-73(112)54(28-32-64(86)106)93-79(118)60(38-45(7)8)97-81(120)62(40-47(11)12)99-84(123)70(49(15)16)102-82(63)121/h43-50,52-63,69-71,105H,19-42H2,1-18H3,(H2,86,106)(H2,87,107)(H2,88,108)(H2,89,109)(H,90,110)(H,91,111)(H,92,116)(H,93,118)(H,94,119)(H,95,117)(H,96,112)(H,97,120)(H,98,122)(H,99,123)(H,100,113)(H,101,114)(H,102,121)(H,103,115). The molecular weight excluding hydrogens is 1630 g/mol. The van der Waals surface area contributed by atoms with Gasteiger partial charge in [0, 0.05) is 32.1 Å². The molecule has 16 atom stereocenters. The number of carbonyl (C=O) groups excluding carboxylic acids is 20. The average Bonchev–Trinajstić information content (AvgIpc) is 1.13. The Labute approximate surface area is 735 Å². The molecule has 1 aliphatic rings. The van der Waals surface area contributed by atoms with Gasteiger partial charge in [0.05, 0.1) is 12.5 Å². The van der Waals surface area contributed by atoms with E-state index in [0.717, 1.165) is 25.7 Å². The van der Waals surface area contributed by atoms with Gasteiger partial charge in [0.1, 0.15) is 97.0 Å². The molecular formula is C85H148N18O22. The molecule has 0 spiro atoms. The number of hydrogen-bond donors (Lipinski definition) is 19. The van der Waals surface area contributed by atoms with Gasteiger partial charge in [-0.3, -0.25) is 86.3 Å². The molecule has 0 aliphatic carbocycles. The van der Waals surface area contributed by atoms with Gasteiger partial charge in [0.25, 0.3) is 0 Å². The van der Waals surface area contributed by atoms with E-state index in [1.807, 2.05) is 0 Å². The number of rotatable bonds is 50. The van der Waals surface area contributed by atoms with Crippen LogP contribution in [0.1, 0.15) is 272 Å². The number of unbranched alkanes of at least 4 members (excludes halogenated alkanes) is 4. The summed E-state index contributed by atoms with van der Waals surface area (Å²) in [5, 5.41) is 46.7. The van der Waals surface area contributed by atoms with Gasteiger partial charge in [0.15, 0.2) is 0 Å². The molecule has 0 aromatic carbocycles. The van der Waals surface area contributed by atoms with E-state index in [2.05, 4.69) is 81.4 Å². The molecule has 18 amide bonds. The molecule has 1 saturated heterocycles. The van der Waals surface area contributed by atoms with E-state index in [4.69, 9.17) is 27.7 Å². The molecule has 1 aliphatic heterocycles. The van der Waals surface area contributed by atoms with Gasteiger partial charge in [0.2, 0.25) is 106 Å². The van der Waals surface area contributed by atoms with Crippen LogP contribution in [0.15, 0.2) is 0 Å². The van der Waals surface area contributed by atoms with Gasteiger partial charge in [-0.15, -0.1) is 0 Å². The molecule has 1 heterocycles. The summed E-state index contributed by atoms with van der Waals surface area (Å²) in [4.78, 5) is 280. The third-order valence-electron chi connectivity index (χ3n) is 20.7.